The summed E-state index contributed by atoms with van der Waals surface area (Å²) in [4.78, 5) is 28.9. The smallest absolute Gasteiger partial charge is 0.270 e. The maximum atomic E-state index is 12.4. The second-order valence-corrected chi connectivity index (χ2v) is 6.01. The van der Waals surface area contributed by atoms with Gasteiger partial charge in [-0.2, -0.15) is 5.10 Å². The molecule has 0 spiro atoms. The molecule has 1 aliphatic heterocycles. The first-order chi connectivity index (χ1) is 11.5. The van der Waals surface area contributed by atoms with Gasteiger partial charge in [-0.1, -0.05) is 12.1 Å². The number of rotatable bonds is 4. The normalized spacial score (nSPS) is 17.7. The summed E-state index contributed by atoms with van der Waals surface area (Å²) >= 11 is 0. The van der Waals surface area contributed by atoms with E-state index in [4.69, 9.17) is 0 Å². The third-order valence-corrected chi connectivity index (χ3v) is 4.27. The Morgan fingerprint density at radius 2 is 2.25 bits per heavy atom. The highest BCUT2D eigenvalue weighted by Gasteiger charge is 2.23. The van der Waals surface area contributed by atoms with Gasteiger partial charge >= 0.3 is 0 Å². The Labute approximate surface area is 139 Å². The first kappa shape index (κ1) is 16.1. The molecule has 8 nitrogen and oxygen atoms in total. The summed E-state index contributed by atoms with van der Waals surface area (Å²) in [5.41, 5.74) is 0.545. The summed E-state index contributed by atoms with van der Waals surface area (Å²) in [6, 6.07) is 6.40. The van der Waals surface area contributed by atoms with E-state index in [9.17, 15) is 14.9 Å². The molecule has 1 atom stereocenters. The van der Waals surface area contributed by atoms with E-state index in [1.165, 1.54) is 23.1 Å². The zero-order valence-corrected chi connectivity index (χ0v) is 13.5. The SMILES string of the molecule is CC1CCCCN1C(=O)Cn1cnc(-c2cccc([N+](=O)[O-])c2)n1. The minimum atomic E-state index is -0.457. The fourth-order valence-corrected chi connectivity index (χ4v) is 2.96. The van der Waals surface area contributed by atoms with Crippen LogP contribution in [0.2, 0.25) is 0 Å². The Balaban J connectivity index is 1.72. The van der Waals surface area contributed by atoms with Crippen LogP contribution in [0.25, 0.3) is 11.4 Å². The van der Waals surface area contributed by atoms with Gasteiger partial charge in [0.1, 0.15) is 12.9 Å². The van der Waals surface area contributed by atoms with Crippen molar-refractivity contribution in [2.45, 2.75) is 38.8 Å². The van der Waals surface area contributed by atoms with Crippen molar-refractivity contribution >= 4 is 11.6 Å². The molecule has 3 rings (SSSR count). The predicted molar refractivity (Wildman–Crippen MR) is 87.1 cm³/mol. The number of nitrogens with zero attached hydrogens (tertiary/aromatic N) is 5. The average molecular weight is 329 g/mol. The quantitative estimate of drug-likeness (QED) is 0.633. The van der Waals surface area contributed by atoms with Crippen LogP contribution in [0.3, 0.4) is 0 Å². The van der Waals surface area contributed by atoms with Crippen LogP contribution < -0.4 is 0 Å². The van der Waals surface area contributed by atoms with E-state index in [0.717, 1.165) is 25.8 Å². The van der Waals surface area contributed by atoms with Crippen molar-refractivity contribution in [3.8, 4) is 11.4 Å². The number of hydrogen-bond donors (Lipinski definition) is 0. The molecule has 0 saturated carbocycles. The predicted octanol–water partition coefficient (Wildman–Crippen LogP) is 2.25. The highest BCUT2D eigenvalue weighted by atomic mass is 16.6. The Kier molecular flexibility index (Phi) is 4.54. The summed E-state index contributed by atoms with van der Waals surface area (Å²) < 4.78 is 1.48. The lowest BCUT2D eigenvalue weighted by Gasteiger charge is -2.33. The second kappa shape index (κ2) is 6.77. The van der Waals surface area contributed by atoms with Crippen LogP contribution in [-0.4, -0.2) is 43.1 Å². The van der Waals surface area contributed by atoms with Gasteiger partial charge in [-0.15, -0.1) is 0 Å². The summed E-state index contributed by atoms with van der Waals surface area (Å²) in [5.74, 6) is 0.399. The molecule has 2 heterocycles. The van der Waals surface area contributed by atoms with Gasteiger partial charge in [0.25, 0.3) is 5.69 Å². The lowest BCUT2D eigenvalue weighted by atomic mass is 10.0. The molecule has 1 aromatic carbocycles. The topological polar surface area (TPSA) is 94.2 Å². The van der Waals surface area contributed by atoms with Crippen LogP contribution >= 0.6 is 0 Å². The van der Waals surface area contributed by atoms with Gasteiger partial charge in [-0.25, -0.2) is 9.67 Å². The fraction of sp³-hybridized carbons (Fsp3) is 0.438. The van der Waals surface area contributed by atoms with Gasteiger partial charge in [0.2, 0.25) is 5.91 Å². The molecule has 1 aromatic heterocycles. The Morgan fingerprint density at radius 1 is 1.42 bits per heavy atom. The number of aromatic nitrogens is 3. The zero-order valence-electron chi connectivity index (χ0n) is 13.5. The standard InChI is InChI=1S/C16H19N5O3/c1-12-5-2-3-8-20(12)15(22)10-19-11-17-16(18-19)13-6-4-7-14(9-13)21(23)24/h4,6-7,9,11-12H,2-3,5,8,10H2,1H3. The third-order valence-electron chi connectivity index (χ3n) is 4.27. The molecule has 1 saturated heterocycles. The second-order valence-electron chi connectivity index (χ2n) is 6.01. The monoisotopic (exact) mass is 329 g/mol. The lowest BCUT2D eigenvalue weighted by Crippen LogP contribution is -2.43. The number of carbonyl (C=O) groups is 1. The molecule has 24 heavy (non-hydrogen) atoms. The highest BCUT2D eigenvalue weighted by molar-refractivity contribution is 5.76. The molecule has 0 aliphatic carbocycles. The van der Waals surface area contributed by atoms with Gasteiger partial charge in [0.15, 0.2) is 5.82 Å². The molecule has 8 heteroatoms. The van der Waals surface area contributed by atoms with Crippen molar-refractivity contribution in [2.75, 3.05) is 6.54 Å². The molecule has 1 unspecified atom stereocenters. The Hall–Kier alpha value is -2.77. The van der Waals surface area contributed by atoms with E-state index < -0.39 is 4.92 Å². The van der Waals surface area contributed by atoms with E-state index >= 15 is 0 Å². The number of nitro groups is 1. The number of nitro benzene ring substituents is 1. The van der Waals surface area contributed by atoms with Gasteiger partial charge in [-0.3, -0.25) is 14.9 Å². The number of likely N-dealkylation sites (tertiary alicyclic amines) is 1. The Morgan fingerprint density at radius 3 is 3.00 bits per heavy atom. The van der Waals surface area contributed by atoms with Crippen LogP contribution in [0.1, 0.15) is 26.2 Å². The lowest BCUT2D eigenvalue weighted by molar-refractivity contribution is -0.384. The number of benzene rings is 1. The molecule has 1 fully saturated rings. The van der Waals surface area contributed by atoms with E-state index in [-0.39, 0.29) is 24.2 Å². The maximum absolute atomic E-state index is 12.4. The van der Waals surface area contributed by atoms with Crippen molar-refractivity contribution in [3.05, 3.63) is 40.7 Å². The molecule has 1 aliphatic rings. The van der Waals surface area contributed by atoms with E-state index in [0.29, 0.717) is 11.4 Å². The van der Waals surface area contributed by atoms with Crippen LogP contribution in [0.5, 0.6) is 0 Å². The first-order valence-corrected chi connectivity index (χ1v) is 7.98. The van der Waals surface area contributed by atoms with Crippen LogP contribution in [0.15, 0.2) is 30.6 Å². The molecule has 0 N–H and O–H groups in total. The van der Waals surface area contributed by atoms with E-state index in [1.807, 2.05) is 4.90 Å². The van der Waals surface area contributed by atoms with Gasteiger partial charge < -0.3 is 4.90 Å². The minimum Gasteiger partial charge on any atom is -0.338 e. The first-order valence-electron chi connectivity index (χ1n) is 7.98. The summed E-state index contributed by atoms with van der Waals surface area (Å²) in [5, 5.41) is 15.1. The van der Waals surface area contributed by atoms with Crippen molar-refractivity contribution < 1.29 is 9.72 Å². The number of carbonyl (C=O) groups excluding carboxylic acids is 1. The molecule has 0 radical (unpaired) electrons. The van der Waals surface area contributed by atoms with Crippen molar-refractivity contribution in [1.29, 1.82) is 0 Å². The van der Waals surface area contributed by atoms with Crippen LogP contribution in [0, 0.1) is 10.1 Å². The Bertz CT molecular complexity index is 758. The minimum absolute atomic E-state index is 0.0120. The third kappa shape index (κ3) is 3.42. The summed E-state index contributed by atoms with van der Waals surface area (Å²) in [7, 11) is 0. The van der Waals surface area contributed by atoms with E-state index in [2.05, 4.69) is 17.0 Å². The average Bonchev–Trinajstić information content (AvgIpc) is 3.04. The number of non-ortho nitro benzene ring substituents is 1. The van der Waals surface area contributed by atoms with Crippen LogP contribution in [-0.2, 0) is 11.3 Å². The molecular weight excluding hydrogens is 310 g/mol. The van der Waals surface area contributed by atoms with Crippen molar-refractivity contribution in [3.63, 3.8) is 0 Å². The van der Waals surface area contributed by atoms with Gasteiger partial charge in [0, 0.05) is 30.3 Å². The maximum Gasteiger partial charge on any atom is 0.270 e. The molecular formula is C16H19N5O3. The summed E-state index contributed by atoms with van der Waals surface area (Å²) in [6.07, 6.45) is 4.71. The molecule has 126 valence electrons. The zero-order chi connectivity index (χ0) is 17.1. The number of piperidine rings is 1. The fourth-order valence-electron chi connectivity index (χ4n) is 2.96. The molecule has 2 aromatic rings. The number of amides is 1. The van der Waals surface area contributed by atoms with Gasteiger partial charge in [-0.05, 0) is 26.2 Å². The summed E-state index contributed by atoms with van der Waals surface area (Å²) in [6.45, 7) is 2.98. The number of hydrogen-bond acceptors (Lipinski definition) is 5. The largest absolute Gasteiger partial charge is 0.338 e. The molecule has 0 bridgehead atoms. The molecule has 1 amide bonds. The van der Waals surface area contributed by atoms with E-state index in [1.54, 1.807) is 12.1 Å². The van der Waals surface area contributed by atoms with Gasteiger partial charge in [0.05, 0.1) is 4.92 Å². The van der Waals surface area contributed by atoms with Crippen LogP contribution in [0.4, 0.5) is 5.69 Å². The van der Waals surface area contributed by atoms with Crippen molar-refractivity contribution in [1.82, 2.24) is 19.7 Å². The van der Waals surface area contributed by atoms with Crippen molar-refractivity contribution in [2.24, 2.45) is 0 Å². The highest BCUT2D eigenvalue weighted by Crippen LogP contribution is 2.21.